The number of hydrogen-bond acceptors (Lipinski definition) is 5. The van der Waals surface area contributed by atoms with Gasteiger partial charge in [-0.1, -0.05) is 12.1 Å². The number of nitrogens with zero attached hydrogens (tertiary/aromatic N) is 2. The molecule has 1 amide bonds. The summed E-state index contributed by atoms with van der Waals surface area (Å²) in [5.74, 6) is -1.08. The first kappa shape index (κ1) is 19.6. The van der Waals surface area contributed by atoms with E-state index in [0.717, 1.165) is 41.2 Å². The van der Waals surface area contributed by atoms with Crippen LogP contribution >= 0.6 is 0 Å². The van der Waals surface area contributed by atoms with Crippen LogP contribution in [0.2, 0.25) is 0 Å². The summed E-state index contributed by atoms with van der Waals surface area (Å²) in [5.41, 5.74) is 3.01. The molecule has 0 aliphatic heterocycles. The average Bonchev–Trinajstić information content (AvgIpc) is 2.51. The molecule has 2 rings (SSSR count). The number of amides is 1. The Morgan fingerprint density at radius 2 is 1.77 bits per heavy atom. The molecule has 0 saturated carbocycles. The Hall–Kier alpha value is -2.69. The van der Waals surface area contributed by atoms with Crippen LogP contribution in [0.25, 0.3) is 0 Å². The summed E-state index contributed by atoms with van der Waals surface area (Å²) in [6, 6.07) is 3.73. The van der Waals surface area contributed by atoms with E-state index >= 15 is 0 Å². The molecule has 0 bridgehead atoms. The van der Waals surface area contributed by atoms with Gasteiger partial charge in [0.15, 0.2) is 0 Å². The number of hydrogen-bond donors (Lipinski definition) is 1. The number of benzene rings is 1. The third-order valence-electron chi connectivity index (χ3n) is 3.61. The Morgan fingerprint density at radius 3 is 2.19 bits per heavy atom. The van der Waals surface area contributed by atoms with Crippen molar-refractivity contribution in [3.8, 4) is 0 Å². The van der Waals surface area contributed by atoms with Gasteiger partial charge in [0.25, 0.3) is 11.5 Å². The molecule has 1 atom stereocenters. The van der Waals surface area contributed by atoms with Gasteiger partial charge in [0.05, 0.1) is 11.6 Å². The first-order valence-electron chi connectivity index (χ1n) is 7.13. The molecule has 0 aliphatic rings. The van der Waals surface area contributed by atoms with Crippen molar-refractivity contribution in [1.82, 2.24) is 9.55 Å². The molecule has 26 heavy (non-hydrogen) atoms. The Labute approximate surface area is 146 Å². The minimum atomic E-state index is -4.53. The maximum Gasteiger partial charge on any atom is 0.416 e. The van der Waals surface area contributed by atoms with Gasteiger partial charge in [-0.3, -0.25) is 14.2 Å². The second-order valence-corrected chi connectivity index (χ2v) is 7.47. The number of carbonyl (C=O) groups excluding carboxylic acids is 1. The van der Waals surface area contributed by atoms with Gasteiger partial charge < -0.3 is 5.73 Å². The van der Waals surface area contributed by atoms with Crippen molar-refractivity contribution in [3.63, 3.8) is 0 Å². The van der Waals surface area contributed by atoms with E-state index in [1.807, 2.05) is 0 Å². The fourth-order valence-electron chi connectivity index (χ4n) is 2.31. The third kappa shape index (κ3) is 3.93. The number of alkyl halides is 3. The van der Waals surface area contributed by atoms with Crippen LogP contribution in [0.4, 0.5) is 13.2 Å². The zero-order chi connectivity index (χ0) is 19.9. The summed E-state index contributed by atoms with van der Waals surface area (Å²) in [6.07, 6.45) is -3.74. The number of nitrogens with two attached hydrogens (primary N) is 1. The molecule has 0 radical (unpaired) electrons. The quantitative estimate of drug-likeness (QED) is 0.794. The second kappa shape index (κ2) is 6.56. The minimum Gasteiger partial charge on any atom is -0.364 e. The predicted octanol–water partition coefficient (Wildman–Crippen LogP) is 1.37. The van der Waals surface area contributed by atoms with E-state index in [-0.39, 0.29) is 5.56 Å². The van der Waals surface area contributed by atoms with Gasteiger partial charge >= 0.3 is 6.18 Å². The van der Waals surface area contributed by atoms with Gasteiger partial charge in [0.1, 0.15) is 5.69 Å². The lowest BCUT2D eigenvalue weighted by molar-refractivity contribution is -0.137. The molecule has 140 valence electrons. The monoisotopic (exact) mass is 389 g/mol. The maximum absolute atomic E-state index is 12.7. The van der Waals surface area contributed by atoms with Gasteiger partial charge in [-0.05, 0) is 24.6 Å². The molecule has 2 N–H and O–H groups in total. The van der Waals surface area contributed by atoms with E-state index in [9.17, 15) is 31.2 Å². The number of aromatic nitrogens is 2. The molecular weight excluding hydrogens is 375 g/mol. The van der Waals surface area contributed by atoms with Gasteiger partial charge in [-0.25, -0.2) is 13.4 Å². The molecule has 7 nitrogen and oxygen atoms in total. The fourth-order valence-corrected chi connectivity index (χ4v) is 3.18. The lowest BCUT2D eigenvalue weighted by atomic mass is 10.1. The van der Waals surface area contributed by atoms with Crippen LogP contribution in [0.1, 0.15) is 34.6 Å². The highest BCUT2D eigenvalue weighted by molar-refractivity contribution is 7.90. The van der Waals surface area contributed by atoms with Gasteiger partial charge in [-0.2, -0.15) is 13.2 Å². The molecule has 0 aliphatic carbocycles. The summed E-state index contributed by atoms with van der Waals surface area (Å²) < 4.78 is 62.7. The van der Waals surface area contributed by atoms with E-state index in [1.165, 1.54) is 6.92 Å². The van der Waals surface area contributed by atoms with Gasteiger partial charge in [0, 0.05) is 12.3 Å². The van der Waals surface area contributed by atoms with Crippen molar-refractivity contribution >= 4 is 15.7 Å². The van der Waals surface area contributed by atoms with Crippen LogP contribution in [0.3, 0.4) is 0 Å². The SMILES string of the molecule is C[C@H](c1ccc(C(F)(F)F)cc1)n1c(S(C)(=O)=O)nc(C(N)=O)cc1=O. The van der Waals surface area contributed by atoms with Crippen LogP contribution in [-0.2, 0) is 16.0 Å². The standard InChI is InChI=1S/C15H14F3N3O4S/c1-8(9-3-5-10(6-4-9)15(16,17)18)21-12(22)7-11(13(19)23)20-14(21)26(2,24)25/h3-8H,1-2H3,(H2,19,23)/t8-/m1/s1. The maximum atomic E-state index is 12.7. The number of primary amides is 1. The molecule has 1 aromatic heterocycles. The van der Waals surface area contributed by atoms with Crippen LogP contribution in [-0.4, -0.2) is 30.1 Å². The van der Waals surface area contributed by atoms with Crippen LogP contribution in [0.15, 0.2) is 40.3 Å². The second-order valence-electron chi connectivity index (χ2n) is 5.56. The van der Waals surface area contributed by atoms with Crippen molar-refractivity contribution in [1.29, 1.82) is 0 Å². The summed E-state index contributed by atoms with van der Waals surface area (Å²) in [7, 11) is -4.03. The largest absolute Gasteiger partial charge is 0.416 e. The third-order valence-corrected chi connectivity index (χ3v) is 4.56. The highest BCUT2D eigenvalue weighted by Gasteiger charge is 2.30. The molecule has 1 aromatic carbocycles. The highest BCUT2D eigenvalue weighted by atomic mass is 32.2. The van der Waals surface area contributed by atoms with E-state index < -0.39 is 49.9 Å². The zero-order valence-electron chi connectivity index (χ0n) is 13.6. The van der Waals surface area contributed by atoms with Crippen molar-refractivity contribution in [2.75, 3.05) is 6.26 Å². The first-order valence-corrected chi connectivity index (χ1v) is 9.02. The molecule has 0 fully saturated rings. The highest BCUT2D eigenvalue weighted by Crippen LogP contribution is 2.30. The lowest BCUT2D eigenvalue weighted by Crippen LogP contribution is -2.32. The molecular formula is C15H14F3N3O4S. The summed E-state index contributed by atoms with van der Waals surface area (Å²) in [6.45, 7) is 1.42. The predicted molar refractivity (Wildman–Crippen MR) is 85.4 cm³/mol. The summed E-state index contributed by atoms with van der Waals surface area (Å²) in [4.78, 5) is 27.2. The van der Waals surface area contributed by atoms with Crippen molar-refractivity contribution < 1.29 is 26.4 Å². The molecule has 0 spiro atoms. The Balaban J connectivity index is 2.64. The molecule has 0 saturated heterocycles. The van der Waals surface area contributed by atoms with Crippen molar-refractivity contribution in [2.45, 2.75) is 24.3 Å². The molecule has 0 unspecified atom stereocenters. The van der Waals surface area contributed by atoms with Gasteiger partial charge in [-0.15, -0.1) is 0 Å². The smallest absolute Gasteiger partial charge is 0.364 e. The number of halogens is 3. The van der Waals surface area contributed by atoms with Gasteiger partial charge in [0.2, 0.25) is 15.0 Å². The Bertz CT molecular complexity index is 1010. The minimum absolute atomic E-state index is 0.249. The average molecular weight is 389 g/mol. The van der Waals surface area contributed by atoms with E-state index in [4.69, 9.17) is 5.73 Å². The lowest BCUT2D eigenvalue weighted by Gasteiger charge is -2.19. The van der Waals surface area contributed by atoms with E-state index in [0.29, 0.717) is 0 Å². The van der Waals surface area contributed by atoms with Crippen LogP contribution in [0, 0.1) is 0 Å². The topological polar surface area (TPSA) is 112 Å². The number of sulfone groups is 1. The summed E-state index contributed by atoms with van der Waals surface area (Å²) >= 11 is 0. The van der Waals surface area contributed by atoms with E-state index in [2.05, 4.69) is 4.98 Å². The van der Waals surface area contributed by atoms with E-state index in [1.54, 1.807) is 0 Å². The molecule has 2 aromatic rings. The Kier molecular flexibility index (Phi) is 4.95. The zero-order valence-corrected chi connectivity index (χ0v) is 14.4. The van der Waals surface area contributed by atoms with Crippen molar-refractivity contribution in [3.05, 3.63) is 57.5 Å². The summed E-state index contributed by atoms with van der Waals surface area (Å²) in [5, 5.41) is -0.703. The van der Waals surface area contributed by atoms with Crippen LogP contribution < -0.4 is 11.3 Å². The van der Waals surface area contributed by atoms with Crippen LogP contribution in [0.5, 0.6) is 0 Å². The molecule has 1 heterocycles. The Morgan fingerprint density at radius 1 is 1.23 bits per heavy atom. The molecule has 11 heteroatoms. The number of carbonyl (C=O) groups is 1. The fraction of sp³-hybridized carbons (Fsp3) is 0.267. The normalized spacial score (nSPS) is 13.4. The number of rotatable bonds is 4. The van der Waals surface area contributed by atoms with Crippen molar-refractivity contribution in [2.24, 2.45) is 5.73 Å². The first-order chi connectivity index (χ1) is 11.8.